The fourth-order valence-electron chi connectivity index (χ4n) is 1.93. The predicted molar refractivity (Wildman–Crippen MR) is 76.0 cm³/mol. The van der Waals surface area contributed by atoms with Crippen LogP contribution in [0.5, 0.6) is 11.5 Å². The molecule has 1 aliphatic rings. The highest BCUT2D eigenvalue weighted by atomic mass is 16.7. The number of nitro benzene ring substituents is 1. The summed E-state index contributed by atoms with van der Waals surface area (Å²) < 4.78 is 10.4. The maximum absolute atomic E-state index is 11.1. The first-order chi connectivity index (χ1) is 9.61. The van der Waals surface area contributed by atoms with Gasteiger partial charge in [0, 0.05) is 6.04 Å². The zero-order valence-electron chi connectivity index (χ0n) is 11.6. The largest absolute Gasteiger partial charge is 0.454 e. The van der Waals surface area contributed by atoms with E-state index in [1.165, 1.54) is 6.07 Å². The average molecular weight is 278 g/mol. The molecule has 1 aromatic carbocycles. The summed E-state index contributed by atoms with van der Waals surface area (Å²) >= 11 is 0. The molecule has 0 fully saturated rings. The minimum absolute atomic E-state index is 0.0215. The SMILES string of the molecule is CCCNC(C)/C=C/c1cc2c(cc1[N+](=O)[O-])OCO2. The third-order valence-corrected chi connectivity index (χ3v) is 3.00. The van der Waals surface area contributed by atoms with E-state index in [2.05, 4.69) is 12.2 Å². The van der Waals surface area contributed by atoms with Gasteiger partial charge in [0.2, 0.25) is 6.79 Å². The summed E-state index contributed by atoms with van der Waals surface area (Å²) in [6.45, 7) is 5.11. The Bertz CT molecular complexity index is 528. The number of benzene rings is 1. The predicted octanol–water partition coefficient (Wildman–Crippen LogP) is 2.72. The van der Waals surface area contributed by atoms with Gasteiger partial charge in [-0.25, -0.2) is 0 Å². The summed E-state index contributed by atoms with van der Waals surface area (Å²) in [5.74, 6) is 0.968. The molecule has 1 aromatic rings. The summed E-state index contributed by atoms with van der Waals surface area (Å²) in [7, 11) is 0. The van der Waals surface area contributed by atoms with Crippen molar-refractivity contribution in [3.05, 3.63) is 33.9 Å². The Labute approximate surface area is 117 Å². The first-order valence-electron chi connectivity index (χ1n) is 6.61. The summed E-state index contributed by atoms with van der Waals surface area (Å²) in [4.78, 5) is 10.7. The summed E-state index contributed by atoms with van der Waals surface area (Å²) in [6.07, 6.45) is 4.69. The van der Waals surface area contributed by atoms with Crippen molar-refractivity contribution < 1.29 is 14.4 Å². The van der Waals surface area contributed by atoms with Crippen LogP contribution in [0.1, 0.15) is 25.8 Å². The van der Waals surface area contributed by atoms with Crippen LogP contribution >= 0.6 is 0 Å². The highest BCUT2D eigenvalue weighted by molar-refractivity contribution is 5.67. The fourth-order valence-corrected chi connectivity index (χ4v) is 1.93. The average Bonchev–Trinajstić information content (AvgIpc) is 2.88. The van der Waals surface area contributed by atoms with Crippen molar-refractivity contribution in [2.45, 2.75) is 26.3 Å². The van der Waals surface area contributed by atoms with Crippen LogP contribution in [-0.4, -0.2) is 24.3 Å². The normalized spacial score (nSPS) is 14.7. The molecule has 1 heterocycles. The smallest absolute Gasteiger partial charge is 0.280 e. The number of fused-ring (bicyclic) bond motifs is 1. The van der Waals surface area contributed by atoms with Crippen molar-refractivity contribution in [2.24, 2.45) is 0 Å². The molecule has 108 valence electrons. The summed E-state index contributed by atoms with van der Waals surface area (Å²) in [6, 6.07) is 3.20. The molecule has 1 unspecified atom stereocenters. The number of ether oxygens (including phenoxy) is 2. The van der Waals surface area contributed by atoms with Crippen molar-refractivity contribution in [1.29, 1.82) is 0 Å². The molecule has 20 heavy (non-hydrogen) atoms. The molecular formula is C14H18N2O4. The van der Waals surface area contributed by atoms with Gasteiger partial charge in [-0.2, -0.15) is 0 Å². The van der Waals surface area contributed by atoms with Crippen LogP contribution in [-0.2, 0) is 0 Å². The van der Waals surface area contributed by atoms with Gasteiger partial charge in [-0.1, -0.05) is 19.1 Å². The van der Waals surface area contributed by atoms with E-state index in [0.717, 1.165) is 13.0 Å². The highest BCUT2D eigenvalue weighted by Crippen LogP contribution is 2.38. The molecule has 6 heteroatoms. The molecule has 0 saturated carbocycles. The minimum atomic E-state index is -0.411. The van der Waals surface area contributed by atoms with Gasteiger partial charge in [0.25, 0.3) is 5.69 Å². The first-order valence-corrected chi connectivity index (χ1v) is 6.61. The molecule has 1 atom stereocenters. The lowest BCUT2D eigenvalue weighted by molar-refractivity contribution is -0.385. The van der Waals surface area contributed by atoms with Crippen molar-refractivity contribution in [3.8, 4) is 11.5 Å². The minimum Gasteiger partial charge on any atom is -0.454 e. The van der Waals surface area contributed by atoms with Gasteiger partial charge in [0.1, 0.15) is 0 Å². The number of hydrogen-bond donors (Lipinski definition) is 1. The molecule has 6 nitrogen and oxygen atoms in total. The summed E-state index contributed by atoms with van der Waals surface area (Å²) in [5.41, 5.74) is 0.539. The third-order valence-electron chi connectivity index (χ3n) is 3.00. The standard InChI is InChI=1S/C14H18N2O4/c1-3-6-15-10(2)4-5-11-7-13-14(20-9-19-13)8-12(11)16(17)18/h4-5,7-8,10,15H,3,6,9H2,1-2H3/b5-4+. The van der Waals surface area contributed by atoms with E-state index in [-0.39, 0.29) is 18.5 Å². The van der Waals surface area contributed by atoms with Crippen LogP contribution in [0.15, 0.2) is 18.2 Å². The van der Waals surface area contributed by atoms with E-state index in [1.54, 1.807) is 12.1 Å². The lowest BCUT2D eigenvalue weighted by atomic mass is 10.1. The Morgan fingerprint density at radius 3 is 2.80 bits per heavy atom. The van der Waals surface area contributed by atoms with Crippen LogP contribution in [0.4, 0.5) is 5.69 Å². The van der Waals surface area contributed by atoms with Crippen molar-refractivity contribution in [3.63, 3.8) is 0 Å². The van der Waals surface area contributed by atoms with Crippen LogP contribution in [0, 0.1) is 10.1 Å². The fraction of sp³-hybridized carbons (Fsp3) is 0.429. The van der Waals surface area contributed by atoms with E-state index >= 15 is 0 Å². The van der Waals surface area contributed by atoms with Gasteiger partial charge in [-0.05, 0) is 26.0 Å². The quantitative estimate of drug-likeness (QED) is 0.639. The van der Waals surface area contributed by atoms with Crippen LogP contribution in [0.3, 0.4) is 0 Å². The second kappa shape index (κ2) is 6.38. The third kappa shape index (κ3) is 3.27. The number of nitrogens with zero attached hydrogens (tertiary/aromatic N) is 1. The van der Waals surface area contributed by atoms with Crippen LogP contribution in [0.2, 0.25) is 0 Å². The van der Waals surface area contributed by atoms with E-state index in [1.807, 2.05) is 13.0 Å². The van der Waals surface area contributed by atoms with Gasteiger partial charge >= 0.3 is 0 Å². The molecule has 0 saturated heterocycles. The highest BCUT2D eigenvalue weighted by Gasteiger charge is 2.22. The van der Waals surface area contributed by atoms with E-state index in [4.69, 9.17) is 9.47 Å². The maximum Gasteiger partial charge on any atom is 0.280 e. The van der Waals surface area contributed by atoms with Crippen LogP contribution in [0.25, 0.3) is 6.08 Å². The van der Waals surface area contributed by atoms with Crippen molar-refractivity contribution in [2.75, 3.05) is 13.3 Å². The Kier molecular flexibility index (Phi) is 4.57. The van der Waals surface area contributed by atoms with Gasteiger partial charge in [-0.3, -0.25) is 10.1 Å². The molecule has 1 aliphatic heterocycles. The second-order valence-electron chi connectivity index (χ2n) is 4.62. The van der Waals surface area contributed by atoms with Crippen molar-refractivity contribution in [1.82, 2.24) is 5.32 Å². The first kappa shape index (κ1) is 14.3. The monoisotopic (exact) mass is 278 g/mol. The Hall–Kier alpha value is -2.08. The Balaban J connectivity index is 2.22. The second-order valence-corrected chi connectivity index (χ2v) is 4.62. The molecule has 1 N–H and O–H groups in total. The molecule has 0 bridgehead atoms. The molecule has 0 aromatic heterocycles. The topological polar surface area (TPSA) is 73.6 Å². The van der Waals surface area contributed by atoms with E-state index in [9.17, 15) is 10.1 Å². The van der Waals surface area contributed by atoms with Crippen LogP contribution < -0.4 is 14.8 Å². The molecule has 0 radical (unpaired) electrons. The zero-order valence-corrected chi connectivity index (χ0v) is 11.6. The molecule has 0 aliphatic carbocycles. The number of rotatable bonds is 6. The summed E-state index contributed by atoms with van der Waals surface area (Å²) in [5, 5.41) is 14.4. The lowest BCUT2D eigenvalue weighted by Gasteiger charge is -2.07. The van der Waals surface area contributed by atoms with Gasteiger partial charge < -0.3 is 14.8 Å². The molecule has 0 amide bonds. The zero-order chi connectivity index (χ0) is 14.5. The Morgan fingerprint density at radius 1 is 1.45 bits per heavy atom. The van der Waals surface area contributed by atoms with Gasteiger partial charge in [0.05, 0.1) is 16.6 Å². The maximum atomic E-state index is 11.1. The number of hydrogen-bond acceptors (Lipinski definition) is 5. The number of nitro groups is 1. The number of nitrogens with one attached hydrogen (secondary N) is 1. The van der Waals surface area contributed by atoms with Crippen molar-refractivity contribution >= 4 is 11.8 Å². The molecule has 2 rings (SSSR count). The van der Waals surface area contributed by atoms with Gasteiger partial charge in [-0.15, -0.1) is 0 Å². The van der Waals surface area contributed by atoms with E-state index < -0.39 is 4.92 Å². The lowest BCUT2D eigenvalue weighted by Crippen LogP contribution is -2.24. The van der Waals surface area contributed by atoms with E-state index in [0.29, 0.717) is 17.1 Å². The Morgan fingerprint density at radius 2 is 2.15 bits per heavy atom. The molecule has 0 spiro atoms. The van der Waals surface area contributed by atoms with Gasteiger partial charge in [0.15, 0.2) is 11.5 Å². The molecular weight excluding hydrogens is 260 g/mol.